The van der Waals surface area contributed by atoms with E-state index in [1.165, 1.54) is 0 Å². The first-order valence-electron chi connectivity index (χ1n) is 11.4. The van der Waals surface area contributed by atoms with E-state index in [-0.39, 0.29) is 0 Å². The Balaban J connectivity index is 1.25. The van der Waals surface area contributed by atoms with Gasteiger partial charge in [-0.15, -0.1) is 0 Å². The molecule has 1 atom stereocenters. The van der Waals surface area contributed by atoms with Crippen LogP contribution in [0.25, 0.3) is 0 Å². The van der Waals surface area contributed by atoms with Crippen molar-refractivity contribution in [3.8, 4) is 17.5 Å². The molecule has 0 unspecified atom stereocenters. The molecule has 0 aliphatic carbocycles. The van der Waals surface area contributed by atoms with E-state index in [4.69, 9.17) is 14.2 Å². The van der Waals surface area contributed by atoms with E-state index in [2.05, 4.69) is 42.3 Å². The van der Waals surface area contributed by atoms with Crippen LogP contribution in [-0.4, -0.2) is 98.1 Å². The molecule has 4 rings (SSSR count). The fourth-order valence-electron chi connectivity index (χ4n) is 3.86. The van der Waals surface area contributed by atoms with E-state index >= 15 is 0 Å². The second-order valence-corrected chi connectivity index (χ2v) is 7.88. The zero-order valence-electron chi connectivity index (χ0n) is 18.7. The molecule has 0 spiro atoms. The van der Waals surface area contributed by atoms with Gasteiger partial charge < -0.3 is 29.7 Å². The summed E-state index contributed by atoms with van der Waals surface area (Å²) in [5.41, 5.74) is 0. The minimum atomic E-state index is 0.329. The van der Waals surface area contributed by atoms with E-state index in [0.29, 0.717) is 43.4 Å². The summed E-state index contributed by atoms with van der Waals surface area (Å²) in [5.74, 6) is 2.44. The van der Waals surface area contributed by atoms with Gasteiger partial charge in [-0.25, -0.2) is 15.0 Å². The Morgan fingerprint density at radius 3 is 2.50 bits per heavy atom. The summed E-state index contributed by atoms with van der Waals surface area (Å²) in [5, 5.41) is 6.74. The van der Waals surface area contributed by atoms with Crippen molar-refractivity contribution >= 4 is 5.82 Å². The molecule has 32 heavy (non-hydrogen) atoms. The topological polar surface area (TPSA) is 96.9 Å². The van der Waals surface area contributed by atoms with Crippen LogP contribution < -0.4 is 29.7 Å². The predicted octanol–water partition coefficient (Wildman–Crippen LogP) is 0.412. The van der Waals surface area contributed by atoms with Crippen molar-refractivity contribution in [3.63, 3.8) is 0 Å². The van der Waals surface area contributed by atoms with Crippen molar-refractivity contribution in [3.05, 3.63) is 30.7 Å². The van der Waals surface area contributed by atoms with Gasteiger partial charge in [0.15, 0.2) is 11.6 Å². The number of ether oxygens (including phenoxy) is 3. The van der Waals surface area contributed by atoms with Gasteiger partial charge in [0.25, 0.3) is 11.8 Å². The molecule has 2 aromatic rings. The van der Waals surface area contributed by atoms with Crippen LogP contribution in [0.5, 0.6) is 17.5 Å². The highest BCUT2D eigenvalue weighted by Crippen LogP contribution is 2.26. The smallest absolute Gasteiger partial charge is 0.257 e. The maximum absolute atomic E-state index is 5.93. The zero-order valence-corrected chi connectivity index (χ0v) is 18.7. The van der Waals surface area contributed by atoms with E-state index in [0.717, 1.165) is 58.2 Å². The van der Waals surface area contributed by atoms with Crippen molar-refractivity contribution in [1.29, 1.82) is 0 Å². The molecule has 0 amide bonds. The molecule has 2 aliphatic heterocycles. The third kappa shape index (κ3) is 6.18. The molecule has 2 N–H and O–H groups in total. The van der Waals surface area contributed by atoms with Gasteiger partial charge in [-0.2, -0.15) is 0 Å². The predicted molar refractivity (Wildman–Crippen MR) is 122 cm³/mol. The van der Waals surface area contributed by atoms with E-state index in [1.807, 2.05) is 12.1 Å². The highest BCUT2D eigenvalue weighted by molar-refractivity contribution is 5.49. The van der Waals surface area contributed by atoms with E-state index in [9.17, 15) is 0 Å². The summed E-state index contributed by atoms with van der Waals surface area (Å²) in [6.45, 7) is 11.2. The summed E-state index contributed by atoms with van der Waals surface area (Å²) >= 11 is 0. The van der Waals surface area contributed by atoms with Gasteiger partial charge >= 0.3 is 0 Å². The largest absolute Gasteiger partial charge is 0.484 e. The number of nitrogens with zero attached hydrogens (tertiary/aromatic N) is 5. The number of pyridine rings is 1. The maximum Gasteiger partial charge on any atom is 0.257 e. The van der Waals surface area contributed by atoms with Gasteiger partial charge in [-0.3, -0.25) is 4.90 Å². The number of anilines is 1. The van der Waals surface area contributed by atoms with Crippen molar-refractivity contribution in [2.24, 2.45) is 0 Å². The monoisotopic (exact) mass is 443 g/mol. The van der Waals surface area contributed by atoms with Crippen LogP contribution in [0.2, 0.25) is 0 Å². The first-order valence-corrected chi connectivity index (χ1v) is 11.4. The third-order valence-corrected chi connectivity index (χ3v) is 5.59. The molecule has 0 radical (unpaired) electrons. The Labute approximate surface area is 189 Å². The molecular formula is C22H33N7O3. The van der Waals surface area contributed by atoms with Gasteiger partial charge in [0.05, 0.1) is 0 Å². The summed E-state index contributed by atoms with van der Waals surface area (Å²) in [6.07, 6.45) is 5.06. The normalized spacial score (nSPS) is 19.5. The summed E-state index contributed by atoms with van der Waals surface area (Å²) < 4.78 is 17.7. The molecule has 0 aromatic carbocycles. The lowest BCUT2D eigenvalue weighted by Gasteiger charge is -2.35. The standard InChI is InChI=1S/C22H33N7O3/c1-18-17-24-9-12-29(18)20-22(27-6-5-25-20)32-16-15-30-19-3-2-4-26-21(19)31-14-13-28-10-7-23-8-11-28/h2-6,18,23-24H,7-17H2,1H3/t18-/m1/s1. The average Bonchev–Trinajstić information content (AvgIpc) is 2.84. The van der Waals surface area contributed by atoms with Crippen molar-refractivity contribution in [2.45, 2.75) is 13.0 Å². The van der Waals surface area contributed by atoms with Crippen molar-refractivity contribution in [2.75, 3.05) is 77.1 Å². The molecule has 2 aromatic heterocycles. The molecule has 2 aliphatic rings. The number of hydrogen-bond acceptors (Lipinski definition) is 10. The van der Waals surface area contributed by atoms with Gasteiger partial charge in [0.2, 0.25) is 0 Å². The highest BCUT2D eigenvalue weighted by atomic mass is 16.5. The quantitative estimate of drug-likeness (QED) is 0.503. The third-order valence-electron chi connectivity index (χ3n) is 5.59. The number of rotatable bonds is 10. The molecular weight excluding hydrogens is 410 g/mol. The van der Waals surface area contributed by atoms with Gasteiger partial charge in [0.1, 0.15) is 19.8 Å². The molecule has 10 nitrogen and oxygen atoms in total. The van der Waals surface area contributed by atoms with Crippen LogP contribution in [0, 0.1) is 0 Å². The van der Waals surface area contributed by atoms with Crippen molar-refractivity contribution in [1.82, 2.24) is 30.5 Å². The Morgan fingerprint density at radius 2 is 1.62 bits per heavy atom. The van der Waals surface area contributed by atoms with Gasteiger partial charge in [-0.05, 0) is 19.1 Å². The maximum atomic E-state index is 5.93. The second-order valence-electron chi connectivity index (χ2n) is 7.88. The summed E-state index contributed by atoms with van der Waals surface area (Å²) in [4.78, 5) is 17.8. The highest BCUT2D eigenvalue weighted by Gasteiger charge is 2.23. The van der Waals surface area contributed by atoms with Crippen LogP contribution in [-0.2, 0) is 0 Å². The van der Waals surface area contributed by atoms with Crippen LogP contribution in [0.1, 0.15) is 6.92 Å². The molecule has 10 heteroatoms. The number of aromatic nitrogens is 3. The van der Waals surface area contributed by atoms with Crippen LogP contribution in [0.4, 0.5) is 5.82 Å². The lowest BCUT2D eigenvalue weighted by Crippen LogP contribution is -2.50. The fraction of sp³-hybridized carbons (Fsp3) is 0.591. The lowest BCUT2D eigenvalue weighted by atomic mass is 10.2. The van der Waals surface area contributed by atoms with Crippen molar-refractivity contribution < 1.29 is 14.2 Å². The van der Waals surface area contributed by atoms with E-state index in [1.54, 1.807) is 18.6 Å². The summed E-state index contributed by atoms with van der Waals surface area (Å²) in [7, 11) is 0. The average molecular weight is 444 g/mol. The number of hydrogen-bond donors (Lipinski definition) is 2. The van der Waals surface area contributed by atoms with E-state index < -0.39 is 0 Å². The Morgan fingerprint density at radius 1 is 0.875 bits per heavy atom. The molecule has 0 bridgehead atoms. The minimum absolute atomic E-state index is 0.329. The Hall–Kier alpha value is -2.69. The lowest BCUT2D eigenvalue weighted by molar-refractivity contribution is 0.175. The molecule has 2 saturated heterocycles. The first-order chi connectivity index (χ1) is 15.8. The SMILES string of the molecule is C[C@@H]1CNCCN1c1nccnc1OCCOc1cccnc1OCCN1CCNCC1. The molecule has 0 saturated carbocycles. The first kappa shape index (κ1) is 22.5. The fourth-order valence-corrected chi connectivity index (χ4v) is 3.86. The molecule has 4 heterocycles. The summed E-state index contributed by atoms with van der Waals surface area (Å²) in [6, 6.07) is 4.03. The van der Waals surface area contributed by atoms with Crippen LogP contribution in [0.3, 0.4) is 0 Å². The molecule has 174 valence electrons. The Kier molecular flexibility index (Phi) is 8.29. The van der Waals surface area contributed by atoms with Crippen LogP contribution in [0.15, 0.2) is 30.7 Å². The van der Waals surface area contributed by atoms with Crippen LogP contribution >= 0.6 is 0 Å². The number of piperazine rings is 2. The zero-order chi connectivity index (χ0) is 22.0. The second kappa shape index (κ2) is 11.8. The van der Waals surface area contributed by atoms with Gasteiger partial charge in [-0.1, -0.05) is 0 Å². The van der Waals surface area contributed by atoms with Gasteiger partial charge in [0, 0.05) is 77.0 Å². The minimum Gasteiger partial charge on any atom is -0.484 e. The number of nitrogens with one attached hydrogen (secondary N) is 2. The molecule has 2 fully saturated rings. The Bertz CT molecular complexity index is 835.